The minimum absolute atomic E-state index is 0.144. The molecule has 5 heteroatoms. The minimum Gasteiger partial charge on any atom is -0.486 e. The van der Waals surface area contributed by atoms with Crippen molar-refractivity contribution in [2.45, 2.75) is 12.3 Å². The fraction of sp³-hybridized carbons (Fsp3) is 0.500. The molecule has 0 spiro atoms. The molecule has 2 atom stereocenters. The molecule has 1 aliphatic carbocycles. The maximum Gasteiger partial charge on any atom is 0.309 e. The molecule has 1 aromatic rings. The molecule has 2 aliphatic rings. The summed E-state index contributed by atoms with van der Waals surface area (Å²) in [6, 6.07) is 5.73. The lowest BCUT2D eigenvalue weighted by Gasteiger charge is -2.18. The molecular formula is C14H15FO4. The van der Waals surface area contributed by atoms with Crippen LogP contribution in [0, 0.1) is 5.92 Å². The van der Waals surface area contributed by atoms with Gasteiger partial charge in [-0.1, -0.05) is 6.07 Å². The highest BCUT2D eigenvalue weighted by molar-refractivity contribution is 5.77. The van der Waals surface area contributed by atoms with Gasteiger partial charge in [-0.15, -0.1) is 0 Å². The maximum absolute atomic E-state index is 11.9. The van der Waals surface area contributed by atoms with Gasteiger partial charge in [-0.25, -0.2) is 4.39 Å². The van der Waals surface area contributed by atoms with E-state index < -0.39 is 6.67 Å². The zero-order chi connectivity index (χ0) is 13.2. The highest BCUT2D eigenvalue weighted by Crippen LogP contribution is 2.49. The molecule has 0 bridgehead atoms. The van der Waals surface area contributed by atoms with Crippen molar-refractivity contribution in [3.05, 3.63) is 23.8 Å². The van der Waals surface area contributed by atoms with Gasteiger partial charge in [0.25, 0.3) is 0 Å². The van der Waals surface area contributed by atoms with Crippen molar-refractivity contribution in [3.63, 3.8) is 0 Å². The predicted molar refractivity (Wildman–Crippen MR) is 65.2 cm³/mol. The van der Waals surface area contributed by atoms with Crippen LogP contribution in [-0.2, 0) is 9.53 Å². The standard InChI is InChI=1S/C14H15FO4/c15-3-4-19-14(16)11-8-10(11)9-1-2-12-13(7-9)18-6-5-17-12/h1-2,7,10-11H,3-6,8H2/t10-,11-/m1/s1. The van der Waals surface area contributed by atoms with E-state index in [4.69, 9.17) is 14.2 Å². The molecule has 0 aromatic heterocycles. The monoisotopic (exact) mass is 266 g/mol. The van der Waals surface area contributed by atoms with E-state index in [0.29, 0.717) is 13.2 Å². The molecule has 0 N–H and O–H groups in total. The van der Waals surface area contributed by atoms with Crippen LogP contribution in [0.2, 0.25) is 0 Å². The molecular weight excluding hydrogens is 251 g/mol. The largest absolute Gasteiger partial charge is 0.486 e. The topological polar surface area (TPSA) is 44.8 Å². The van der Waals surface area contributed by atoms with Crippen LogP contribution >= 0.6 is 0 Å². The second-order valence-corrected chi connectivity index (χ2v) is 4.71. The lowest BCUT2D eigenvalue weighted by Crippen LogP contribution is -2.15. The molecule has 1 heterocycles. The summed E-state index contributed by atoms with van der Waals surface area (Å²) in [6.45, 7) is 0.327. The van der Waals surface area contributed by atoms with Gasteiger partial charge in [0.2, 0.25) is 0 Å². The van der Waals surface area contributed by atoms with Gasteiger partial charge in [0.15, 0.2) is 11.5 Å². The number of rotatable bonds is 4. The van der Waals surface area contributed by atoms with Gasteiger partial charge >= 0.3 is 5.97 Å². The Labute approximate surface area is 110 Å². The van der Waals surface area contributed by atoms with Gasteiger partial charge in [0.1, 0.15) is 26.5 Å². The fourth-order valence-electron chi connectivity index (χ4n) is 2.36. The van der Waals surface area contributed by atoms with Crippen molar-refractivity contribution in [2.75, 3.05) is 26.5 Å². The smallest absolute Gasteiger partial charge is 0.309 e. The molecule has 0 amide bonds. The molecule has 3 rings (SSSR count). The highest BCUT2D eigenvalue weighted by Gasteiger charge is 2.45. The summed E-state index contributed by atoms with van der Waals surface area (Å²) in [4.78, 5) is 11.6. The van der Waals surface area contributed by atoms with E-state index in [0.717, 1.165) is 23.5 Å². The van der Waals surface area contributed by atoms with E-state index in [1.54, 1.807) is 0 Å². The van der Waals surface area contributed by atoms with Crippen LogP contribution in [0.5, 0.6) is 11.5 Å². The number of esters is 1. The van der Waals surface area contributed by atoms with E-state index in [2.05, 4.69) is 0 Å². The molecule has 1 aromatic carbocycles. The maximum atomic E-state index is 11.9. The number of carbonyl (C=O) groups excluding carboxylic acids is 1. The van der Waals surface area contributed by atoms with Crippen molar-refractivity contribution in [1.29, 1.82) is 0 Å². The summed E-state index contributed by atoms with van der Waals surface area (Å²) in [5.74, 6) is 1.17. The third-order valence-electron chi connectivity index (χ3n) is 3.41. The number of benzene rings is 1. The van der Waals surface area contributed by atoms with Crippen LogP contribution in [0.25, 0.3) is 0 Å². The average molecular weight is 266 g/mol. The Morgan fingerprint density at radius 1 is 1.32 bits per heavy atom. The van der Waals surface area contributed by atoms with Gasteiger partial charge in [-0.3, -0.25) is 4.79 Å². The summed E-state index contributed by atoms with van der Waals surface area (Å²) >= 11 is 0. The van der Waals surface area contributed by atoms with Crippen molar-refractivity contribution >= 4 is 5.97 Å². The first-order valence-electron chi connectivity index (χ1n) is 6.41. The first-order valence-corrected chi connectivity index (χ1v) is 6.41. The van der Waals surface area contributed by atoms with Crippen LogP contribution in [0.3, 0.4) is 0 Å². The summed E-state index contributed by atoms with van der Waals surface area (Å²) in [6.07, 6.45) is 0.755. The highest BCUT2D eigenvalue weighted by atomic mass is 19.1. The normalized spacial score (nSPS) is 23.8. The number of fused-ring (bicyclic) bond motifs is 1. The van der Waals surface area contributed by atoms with Gasteiger partial charge in [-0.05, 0) is 30.0 Å². The van der Waals surface area contributed by atoms with Crippen molar-refractivity contribution in [2.24, 2.45) is 5.92 Å². The van der Waals surface area contributed by atoms with Gasteiger partial charge < -0.3 is 14.2 Å². The Kier molecular flexibility index (Phi) is 3.27. The first-order chi connectivity index (χ1) is 9.29. The predicted octanol–water partition coefficient (Wildman–Crippen LogP) is 2.07. The number of hydrogen-bond donors (Lipinski definition) is 0. The van der Waals surface area contributed by atoms with E-state index in [1.807, 2.05) is 18.2 Å². The second-order valence-electron chi connectivity index (χ2n) is 4.71. The number of ether oxygens (including phenoxy) is 3. The third kappa shape index (κ3) is 2.50. The van der Waals surface area contributed by atoms with Crippen molar-refractivity contribution in [1.82, 2.24) is 0 Å². The van der Waals surface area contributed by atoms with Crippen LogP contribution in [-0.4, -0.2) is 32.5 Å². The molecule has 0 radical (unpaired) electrons. The number of halogens is 1. The zero-order valence-corrected chi connectivity index (χ0v) is 10.4. The lowest BCUT2D eigenvalue weighted by molar-refractivity contribution is -0.145. The molecule has 4 nitrogen and oxygen atoms in total. The summed E-state index contributed by atoms with van der Waals surface area (Å²) in [5.41, 5.74) is 1.05. The van der Waals surface area contributed by atoms with Crippen molar-refractivity contribution < 1.29 is 23.4 Å². The average Bonchev–Trinajstić information content (AvgIpc) is 3.24. The first kappa shape index (κ1) is 12.3. The Hall–Kier alpha value is -1.78. The van der Waals surface area contributed by atoms with Crippen LogP contribution in [0.4, 0.5) is 4.39 Å². The quantitative estimate of drug-likeness (QED) is 0.783. The SMILES string of the molecule is O=C(OCCF)[C@@H]1C[C@@H]1c1ccc2c(c1)OCCO2. The van der Waals surface area contributed by atoms with E-state index in [-0.39, 0.29) is 24.4 Å². The fourth-order valence-corrected chi connectivity index (χ4v) is 2.36. The summed E-state index contributed by atoms with van der Waals surface area (Å²) in [7, 11) is 0. The van der Waals surface area contributed by atoms with Crippen molar-refractivity contribution in [3.8, 4) is 11.5 Å². The molecule has 102 valence electrons. The molecule has 0 unspecified atom stereocenters. The van der Waals surface area contributed by atoms with Gasteiger partial charge in [-0.2, -0.15) is 0 Å². The zero-order valence-electron chi connectivity index (χ0n) is 10.4. The Balaban J connectivity index is 1.66. The molecule has 1 fully saturated rings. The van der Waals surface area contributed by atoms with Gasteiger partial charge in [0, 0.05) is 0 Å². The van der Waals surface area contributed by atoms with Crippen LogP contribution in [0.15, 0.2) is 18.2 Å². The van der Waals surface area contributed by atoms with E-state index in [1.165, 1.54) is 0 Å². The van der Waals surface area contributed by atoms with Crippen LogP contribution in [0.1, 0.15) is 17.9 Å². The van der Waals surface area contributed by atoms with Crippen LogP contribution < -0.4 is 9.47 Å². The number of alkyl halides is 1. The van der Waals surface area contributed by atoms with Gasteiger partial charge in [0.05, 0.1) is 5.92 Å². The third-order valence-corrected chi connectivity index (χ3v) is 3.41. The van der Waals surface area contributed by atoms with E-state index >= 15 is 0 Å². The minimum atomic E-state index is -0.632. The summed E-state index contributed by atoms with van der Waals surface area (Å²) < 4.78 is 27.7. The summed E-state index contributed by atoms with van der Waals surface area (Å²) in [5, 5.41) is 0. The van der Waals surface area contributed by atoms with E-state index in [9.17, 15) is 9.18 Å². The molecule has 1 saturated carbocycles. The number of carbonyl (C=O) groups is 1. The molecule has 1 aliphatic heterocycles. The Morgan fingerprint density at radius 3 is 2.89 bits per heavy atom. The Morgan fingerprint density at radius 2 is 2.11 bits per heavy atom. The lowest BCUT2D eigenvalue weighted by atomic mass is 10.1. The molecule has 19 heavy (non-hydrogen) atoms. The Bertz CT molecular complexity index is 488. The number of hydrogen-bond acceptors (Lipinski definition) is 4. The second kappa shape index (κ2) is 5.07. The molecule has 0 saturated heterocycles.